The smallest absolute Gasteiger partial charge is 0.161 e. The summed E-state index contributed by atoms with van der Waals surface area (Å²) in [5, 5.41) is 6.28. The fourth-order valence-electron chi connectivity index (χ4n) is 3.88. The van der Waals surface area contributed by atoms with Crippen molar-refractivity contribution in [3.63, 3.8) is 0 Å². The summed E-state index contributed by atoms with van der Waals surface area (Å²) in [6.07, 6.45) is 1.00. The molecule has 1 aliphatic rings. The number of nitrogens with one attached hydrogen (secondary N) is 1. The lowest BCUT2D eigenvalue weighted by atomic mass is 9.87. The third-order valence-corrected chi connectivity index (χ3v) is 4.99. The topological polar surface area (TPSA) is 30.5 Å². The van der Waals surface area contributed by atoms with Gasteiger partial charge in [0.15, 0.2) is 11.5 Å². The van der Waals surface area contributed by atoms with Gasteiger partial charge in [0, 0.05) is 6.54 Å². The molecule has 4 rings (SSSR count). The first-order valence-corrected chi connectivity index (χ1v) is 9.45. The Kier molecular flexibility index (Phi) is 4.81. The van der Waals surface area contributed by atoms with Crippen molar-refractivity contribution in [3.05, 3.63) is 71.3 Å². The molecule has 0 radical (unpaired) electrons. The molecule has 26 heavy (non-hydrogen) atoms. The Balaban J connectivity index is 1.85. The molecule has 0 saturated heterocycles. The minimum atomic E-state index is 0.166. The minimum absolute atomic E-state index is 0.166. The Morgan fingerprint density at radius 1 is 0.885 bits per heavy atom. The fourth-order valence-corrected chi connectivity index (χ4v) is 3.88. The molecule has 3 heteroatoms. The zero-order chi connectivity index (χ0) is 17.9. The molecule has 0 bridgehead atoms. The predicted molar refractivity (Wildman–Crippen MR) is 106 cm³/mol. The zero-order valence-electron chi connectivity index (χ0n) is 15.4. The van der Waals surface area contributed by atoms with Crippen LogP contribution in [-0.4, -0.2) is 19.8 Å². The van der Waals surface area contributed by atoms with Gasteiger partial charge in [0.25, 0.3) is 0 Å². The summed E-state index contributed by atoms with van der Waals surface area (Å²) in [6.45, 7) is 6.25. The number of benzene rings is 3. The number of hydrogen-bond donors (Lipinski definition) is 1. The molecule has 1 heterocycles. The van der Waals surface area contributed by atoms with Crippen molar-refractivity contribution in [2.45, 2.75) is 26.3 Å². The highest BCUT2D eigenvalue weighted by molar-refractivity contribution is 5.86. The molecule has 0 amide bonds. The number of fused-ring (bicyclic) bond motifs is 2. The van der Waals surface area contributed by atoms with Crippen molar-refractivity contribution in [2.75, 3.05) is 19.8 Å². The quantitative estimate of drug-likeness (QED) is 0.714. The summed E-state index contributed by atoms with van der Waals surface area (Å²) in [5.74, 6) is 1.69. The molecule has 0 fully saturated rings. The van der Waals surface area contributed by atoms with E-state index in [1.165, 1.54) is 27.5 Å². The van der Waals surface area contributed by atoms with Crippen LogP contribution in [0.3, 0.4) is 0 Å². The standard InChI is InChI=1S/C23H25NO2/c1-3-25-21-14-17-12-13-24-23(20(17)15-22(21)26-4-2)19-11-7-9-16-8-5-6-10-18(16)19/h5-11,14-15,23-24H,3-4,12-13H2,1-2H3. The van der Waals surface area contributed by atoms with Crippen molar-refractivity contribution >= 4 is 10.8 Å². The molecule has 0 aliphatic carbocycles. The zero-order valence-corrected chi connectivity index (χ0v) is 15.4. The van der Waals surface area contributed by atoms with E-state index in [0.29, 0.717) is 13.2 Å². The second-order valence-electron chi connectivity index (χ2n) is 6.57. The van der Waals surface area contributed by atoms with Crippen molar-refractivity contribution in [3.8, 4) is 11.5 Å². The molecule has 134 valence electrons. The third kappa shape index (κ3) is 3.04. The summed E-state index contributed by atoms with van der Waals surface area (Å²) in [4.78, 5) is 0. The molecule has 3 aromatic carbocycles. The van der Waals surface area contributed by atoms with Gasteiger partial charge in [-0.15, -0.1) is 0 Å². The van der Waals surface area contributed by atoms with E-state index in [1.54, 1.807) is 0 Å². The first-order chi connectivity index (χ1) is 12.8. The largest absolute Gasteiger partial charge is 0.490 e. The maximum absolute atomic E-state index is 5.87. The summed E-state index contributed by atoms with van der Waals surface area (Å²) < 4.78 is 11.7. The third-order valence-electron chi connectivity index (χ3n) is 4.99. The van der Waals surface area contributed by atoms with Crippen LogP contribution in [0.15, 0.2) is 54.6 Å². The van der Waals surface area contributed by atoms with Crippen molar-refractivity contribution < 1.29 is 9.47 Å². The summed E-state index contributed by atoms with van der Waals surface area (Å²) in [7, 11) is 0. The Morgan fingerprint density at radius 2 is 1.62 bits per heavy atom. The van der Waals surface area contributed by atoms with Crippen LogP contribution in [0.2, 0.25) is 0 Å². The summed E-state index contributed by atoms with van der Waals surface area (Å²) >= 11 is 0. The molecule has 3 nitrogen and oxygen atoms in total. The maximum atomic E-state index is 5.87. The van der Waals surface area contributed by atoms with Crippen LogP contribution in [0, 0.1) is 0 Å². The van der Waals surface area contributed by atoms with Gasteiger partial charge in [-0.05, 0) is 59.9 Å². The second kappa shape index (κ2) is 7.38. The monoisotopic (exact) mass is 347 g/mol. The first kappa shape index (κ1) is 16.9. The van der Waals surface area contributed by atoms with Crippen LogP contribution in [0.4, 0.5) is 0 Å². The lowest BCUT2D eigenvalue weighted by Gasteiger charge is -2.29. The van der Waals surface area contributed by atoms with Crippen LogP contribution >= 0.6 is 0 Å². The van der Waals surface area contributed by atoms with E-state index >= 15 is 0 Å². The lowest BCUT2D eigenvalue weighted by molar-refractivity contribution is 0.286. The molecule has 1 aliphatic heterocycles. The Hall–Kier alpha value is -2.52. The highest BCUT2D eigenvalue weighted by atomic mass is 16.5. The Morgan fingerprint density at radius 3 is 2.42 bits per heavy atom. The molecule has 1 N–H and O–H groups in total. The van der Waals surface area contributed by atoms with Crippen molar-refractivity contribution in [1.82, 2.24) is 5.32 Å². The SMILES string of the molecule is CCOc1cc2c(cc1OCC)C(c1cccc3ccccc13)NCC2. The second-order valence-corrected chi connectivity index (χ2v) is 6.57. The Labute approximate surface area is 154 Å². The lowest BCUT2D eigenvalue weighted by Crippen LogP contribution is -2.30. The number of ether oxygens (including phenoxy) is 2. The van der Waals surface area contributed by atoms with E-state index in [2.05, 4.69) is 59.9 Å². The highest BCUT2D eigenvalue weighted by Gasteiger charge is 2.25. The van der Waals surface area contributed by atoms with Crippen molar-refractivity contribution in [1.29, 1.82) is 0 Å². The van der Waals surface area contributed by atoms with Gasteiger partial charge < -0.3 is 14.8 Å². The minimum Gasteiger partial charge on any atom is -0.490 e. The normalized spacial score (nSPS) is 16.3. The molecular weight excluding hydrogens is 322 g/mol. The Bertz CT molecular complexity index is 914. The molecule has 0 aromatic heterocycles. The molecule has 0 spiro atoms. The van der Waals surface area contributed by atoms with Gasteiger partial charge in [-0.25, -0.2) is 0 Å². The fraction of sp³-hybridized carbons (Fsp3) is 0.304. The first-order valence-electron chi connectivity index (χ1n) is 9.45. The molecular formula is C23H25NO2. The average molecular weight is 347 g/mol. The van der Waals surface area contributed by atoms with E-state index in [4.69, 9.17) is 9.47 Å². The molecule has 1 unspecified atom stereocenters. The molecule has 3 aromatic rings. The van der Waals surface area contributed by atoms with Gasteiger partial charge in [0.05, 0.1) is 19.3 Å². The van der Waals surface area contributed by atoms with E-state index < -0.39 is 0 Å². The van der Waals surface area contributed by atoms with Gasteiger partial charge >= 0.3 is 0 Å². The van der Waals surface area contributed by atoms with E-state index in [-0.39, 0.29) is 6.04 Å². The van der Waals surface area contributed by atoms with Gasteiger partial charge in [-0.2, -0.15) is 0 Å². The number of rotatable bonds is 5. The van der Waals surface area contributed by atoms with Gasteiger partial charge in [0.1, 0.15) is 0 Å². The van der Waals surface area contributed by atoms with E-state index in [9.17, 15) is 0 Å². The summed E-state index contributed by atoms with van der Waals surface area (Å²) in [6, 6.07) is 19.6. The molecule has 0 saturated carbocycles. The maximum Gasteiger partial charge on any atom is 0.161 e. The number of hydrogen-bond acceptors (Lipinski definition) is 3. The molecule has 1 atom stereocenters. The van der Waals surface area contributed by atoms with E-state index in [1.807, 2.05) is 13.8 Å². The predicted octanol–water partition coefficient (Wildman–Crippen LogP) is 4.87. The highest BCUT2D eigenvalue weighted by Crippen LogP contribution is 2.39. The van der Waals surface area contributed by atoms with Crippen molar-refractivity contribution in [2.24, 2.45) is 0 Å². The van der Waals surface area contributed by atoms with Crippen LogP contribution in [-0.2, 0) is 6.42 Å². The average Bonchev–Trinajstić information content (AvgIpc) is 2.68. The van der Waals surface area contributed by atoms with Crippen LogP contribution < -0.4 is 14.8 Å². The van der Waals surface area contributed by atoms with Gasteiger partial charge in [-0.1, -0.05) is 42.5 Å². The van der Waals surface area contributed by atoms with Crippen LogP contribution in [0.5, 0.6) is 11.5 Å². The van der Waals surface area contributed by atoms with E-state index in [0.717, 1.165) is 24.5 Å². The van der Waals surface area contributed by atoms with Crippen LogP contribution in [0.25, 0.3) is 10.8 Å². The van der Waals surface area contributed by atoms with Gasteiger partial charge in [-0.3, -0.25) is 0 Å². The van der Waals surface area contributed by atoms with Crippen LogP contribution in [0.1, 0.15) is 36.6 Å². The summed E-state index contributed by atoms with van der Waals surface area (Å²) in [5.41, 5.74) is 3.95. The van der Waals surface area contributed by atoms with Gasteiger partial charge in [0.2, 0.25) is 0 Å².